The van der Waals surface area contributed by atoms with E-state index in [9.17, 15) is 10.2 Å². The van der Waals surface area contributed by atoms with Crippen molar-refractivity contribution in [2.45, 2.75) is 148 Å². The van der Waals surface area contributed by atoms with E-state index in [0.29, 0.717) is 5.92 Å². The Balaban J connectivity index is 1.35. The van der Waals surface area contributed by atoms with E-state index >= 15 is 0 Å². The standard InChI is InChI=1S/C33H54O3/c1-6-8-17-33(18-9-7-2)21-16-29(36-33)32(5,35)28-13-12-26-25-11-10-23-22-24(34)14-19-30(23,3)27(25)15-20-31(26,28)4/h10,16,24-28,34-35H,6-9,11-15,17-22H2,1-5H3/t24-,25-,26-,27-,28-,30-,31-,32+/m0/s1. The molecule has 8 atom stereocenters. The summed E-state index contributed by atoms with van der Waals surface area (Å²) in [5, 5.41) is 22.6. The highest BCUT2D eigenvalue weighted by molar-refractivity contribution is 5.27. The van der Waals surface area contributed by atoms with Crippen molar-refractivity contribution in [2.75, 3.05) is 0 Å². The van der Waals surface area contributed by atoms with E-state index in [1.165, 1.54) is 51.4 Å². The zero-order chi connectivity index (χ0) is 25.8. The van der Waals surface area contributed by atoms with Crippen LogP contribution >= 0.6 is 0 Å². The summed E-state index contributed by atoms with van der Waals surface area (Å²) in [6.07, 6.45) is 21.6. The molecule has 0 aromatic heterocycles. The highest BCUT2D eigenvalue weighted by Gasteiger charge is 2.62. The third-order valence-corrected chi connectivity index (χ3v) is 12.2. The van der Waals surface area contributed by atoms with E-state index in [2.05, 4.69) is 46.8 Å². The van der Waals surface area contributed by atoms with Crippen LogP contribution in [0.4, 0.5) is 0 Å². The third-order valence-electron chi connectivity index (χ3n) is 12.2. The monoisotopic (exact) mass is 498 g/mol. The maximum absolute atomic E-state index is 12.2. The minimum Gasteiger partial charge on any atom is -0.489 e. The maximum Gasteiger partial charge on any atom is 0.125 e. The molecular weight excluding hydrogens is 444 g/mol. The molecule has 0 unspecified atom stereocenters. The molecule has 0 aromatic carbocycles. The van der Waals surface area contributed by atoms with Gasteiger partial charge in [0.25, 0.3) is 0 Å². The molecule has 0 amide bonds. The number of rotatable bonds is 8. The van der Waals surface area contributed by atoms with Gasteiger partial charge >= 0.3 is 0 Å². The summed E-state index contributed by atoms with van der Waals surface area (Å²) in [7, 11) is 0. The first kappa shape index (κ1) is 26.8. The van der Waals surface area contributed by atoms with Crippen molar-refractivity contribution in [1.29, 1.82) is 0 Å². The number of ether oxygens (including phenoxy) is 1. The van der Waals surface area contributed by atoms with Crippen LogP contribution in [0.3, 0.4) is 0 Å². The second-order valence-corrected chi connectivity index (χ2v) is 14.2. The van der Waals surface area contributed by atoms with Crippen LogP contribution in [0.25, 0.3) is 0 Å². The van der Waals surface area contributed by atoms with Crippen molar-refractivity contribution < 1.29 is 14.9 Å². The first-order chi connectivity index (χ1) is 17.1. The smallest absolute Gasteiger partial charge is 0.125 e. The zero-order valence-electron chi connectivity index (χ0n) is 24.0. The number of hydrogen-bond donors (Lipinski definition) is 2. The summed E-state index contributed by atoms with van der Waals surface area (Å²) in [4.78, 5) is 0. The van der Waals surface area contributed by atoms with Gasteiger partial charge in [0.2, 0.25) is 0 Å². The van der Waals surface area contributed by atoms with Gasteiger partial charge in [-0.25, -0.2) is 0 Å². The van der Waals surface area contributed by atoms with Crippen molar-refractivity contribution in [1.82, 2.24) is 0 Å². The van der Waals surface area contributed by atoms with Crippen LogP contribution in [-0.2, 0) is 4.74 Å². The summed E-state index contributed by atoms with van der Waals surface area (Å²) < 4.78 is 6.84. The molecule has 4 aliphatic carbocycles. The lowest BCUT2D eigenvalue weighted by Crippen LogP contribution is -2.53. The fourth-order valence-corrected chi connectivity index (χ4v) is 10.1. The Morgan fingerprint density at radius 3 is 2.39 bits per heavy atom. The van der Waals surface area contributed by atoms with Gasteiger partial charge in [-0.2, -0.15) is 0 Å². The summed E-state index contributed by atoms with van der Waals surface area (Å²) in [6.45, 7) is 11.6. The second-order valence-electron chi connectivity index (χ2n) is 14.2. The Morgan fingerprint density at radius 1 is 0.972 bits per heavy atom. The predicted molar refractivity (Wildman–Crippen MR) is 147 cm³/mol. The third kappa shape index (κ3) is 4.23. The van der Waals surface area contributed by atoms with Crippen molar-refractivity contribution in [2.24, 2.45) is 34.5 Å². The van der Waals surface area contributed by atoms with Crippen LogP contribution < -0.4 is 0 Å². The number of unbranched alkanes of at least 4 members (excludes halogenated alkanes) is 2. The van der Waals surface area contributed by atoms with Gasteiger partial charge in [0.1, 0.15) is 17.0 Å². The van der Waals surface area contributed by atoms with Crippen molar-refractivity contribution >= 4 is 0 Å². The Hall–Kier alpha value is -0.800. The van der Waals surface area contributed by atoms with Crippen LogP contribution in [0, 0.1) is 34.5 Å². The van der Waals surface area contributed by atoms with E-state index in [-0.39, 0.29) is 28.5 Å². The number of fused-ring (bicyclic) bond motifs is 5. The molecule has 3 heteroatoms. The van der Waals surface area contributed by atoms with Gasteiger partial charge in [-0.3, -0.25) is 0 Å². The van der Waals surface area contributed by atoms with Gasteiger partial charge in [-0.1, -0.05) is 52.2 Å². The van der Waals surface area contributed by atoms with E-state index in [0.717, 1.165) is 62.5 Å². The minimum absolute atomic E-state index is 0.0907. The average molecular weight is 499 g/mol. The summed E-state index contributed by atoms with van der Waals surface area (Å²) >= 11 is 0. The quantitative estimate of drug-likeness (QED) is 0.332. The van der Waals surface area contributed by atoms with Crippen LogP contribution in [0.2, 0.25) is 0 Å². The van der Waals surface area contributed by atoms with Gasteiger partial charge in [-0.05, 0) is 119 Å². The lowest BCUT2D eigenvalue weighted by atomic mass is 9.46. The molecule has 1 aliphatic heterocycles. The lowest BCUT2D eigenvalue weighted by molar-refractivity contribution is -0.118. The molecule has 0 bridgehead atoms. The molecule has 1 heterocycles. The number of aliphatic hydroxyl groups excluding tert-OH is 1. The normalized spacial score (nSPS) is 42.9. The van der Waals surface area contributed by atoms with Crippen LogP contribution in [0.5, 0.6) is 0 Å². The SMILES string of the molecule is CCCCC1(CCCC)CC=C([C@](C)(O)[C@H]2CC[C@H]3[C@@H]4CC=C5C[C@@H](O)CC[C@]5(C)[C@H]4CC[C@@]32C)O1. The molecule has 0 saturated heterocycles. The number of hydrogen-bond acceptors (Lipinski definition) is 3. The molecule has 0 aromatic rings. The number of aliphatic hydroxyl groups is 2. The van der Waals surface area contributed by atoms with Gasteiger partial charge < -0.3 is 14.9 Å². The Morgan fingerprint density at radius 2 is 1.69 bits per heavy atom. The fraction of sp³-hybridized carbons (Fsp3) is 0.879. The van der Waals surface area contributed by atoms with Crippen LogP contribution in [-0.4, -0.2) is 27.5 Å². The van der Waals surface area contributed by atoms with Gasteiger partial charge in [-0.15, -0.1) is 0 Å². The van der Waals surface area contributed by atoms with E-state index in [4.69, 9.17) is 4.74 Å². The summed E-state index contributed by atoms with van der Waals surface area (Å²) in [5.41, 5.74) is 1.02. The lowest BCUT2D eigenvalue weighted by Gasteiger charge is -2.58. The van der Waals surface area contributed by atoms with E-state index < -0.39 is 5.60 Å². The van der Waals surface area contributed by atoms with Gasteiger partial charge in [0.15, 0.2) is 0 Å². The molecule has 5 rings (SSSR count). The highest BCUT2D eigenvalue weighted by Crippen LogP contribution is 2.68. The molecule has 3 nitrogen and oxygen atoms in total. The Labute approximate surface area is 221 Å². The molecule has 36 heavy (non-hydrogen) atoms. The Kier molecular flexibility index (Phi) is 7.25. The molecule has 0 radical (unpaired) electrons. The van der Waals surface area contributed by atoms with Crippen LogP contribution in [0.1, 0.15) is 131 Å². The maximum atomic E-state index is 12.2. The predicted octanol–water partition coefficient (Wildman–Crippen LogP) is 8.10. The topological polar surface area (TPSA) is 49.7 Å². The van der Waals surface area contributed by atoms with Gasteiger partial charge in [0, 0.05) is 12.3 Å². The zero-order valence-corrected chi connectivity index (χ0v) is 24.0. The first-order valence-corrected chi connectivity index (χ1v) is 15.6. The minimum atomic E-state index is -0.884. The molecule has 3 fully saturated rings. The fourth-order valence-electron chi connectivity index (χ4n) is 10.1. The molecular formula is C33H54O3. The highest BCUT2D eigenvalue weighted by atomic mass is 16.5. The van der Waals surface area contributed by atoms with Crippen molar-refractivity contribution in [3.8, 4) is 0 Å². The van der Waals surface area contributed by atoms with E-state index in [1.807, 2.05) is 0 Å². The van der Waals surface area contributed by atoms with Gasteiger partial charge in [0.05, 0.1) is 6.10 Å². The molecule has 204 valence electrons. The van der Waals surface area contributed by atoms with Crippen molar-refractivity contribution in [3.05, 3.63) is 23.5 Å². The molecule has 0 spiro atoms. The van der Waals surface area contributed by atoms with Crippen LogP contribution in [0.15, 0.2) is 23.5 Å². The molecule has 3 saturated carbocycles. The number of allylic oxidation sites excluding steroid dienone is 1. The average Bonchev–Trinajstić information content (AvgIpc) is 3.44. The van der Waals surface area contributed by atoms with Crippen molar-refractivity contribution in [3.63, 3.8) is 0 Å². The first-order valence-electron chi connectivity index (χ1n) is 15.6. The molecule has 5 aliphatic rings. The second kappa shape index (κ2) is 9.74. The largest absolute Gasteiger partial charge is 0.489 e. The molecule has 2 N–H and O–H groups in total. The Bertz CT molecular complexity index is 862. The van der Waals surface area contributed by atoms with E-state index in [1.54, 1.807) is 5.57 Å². The summed E-state index contributed by atoms with van der Waals surface area (Å²) in [6, 6.07) is 0. The summed E-state index contributed by atoms with van der Waals surface area (Å²) in [5.74, 6) is 3.30.